The summed E-state index contributed by atoms with van der Waals surface area (Å²) in [7, 11) is 0. The Balaban J connectivity index is 1.74. The second-order valence-corrected chi connectivity index (χ2v) is 5.09. The fourth-order valence-corrected chi connectivity index (χ4v) is 2.47. The smallest absolute Gasteiger partial charge is 0.273 e. The van der Waals surface area contributed by atoms with Gasteiger partial charge in [0.15, 0.2) is 5.82 Å². The van der Waals surface area contributed by atoms with E-state index >= 15 is 0 Å². The maximum Gasteiger partial charge on any atom is 0.273 e. The molecule has 3 N–H and O–H groups in total. The molecule has 0 atom stereocenters. The number of nitrogens with zero attached hydrogens (tertiary/aromatic N) is 2. The first-order valence-electron chi connectivity index (χ1n) is 7.15. The highest BCUT2D eigenvalue weighted by Crippen LogP contribution is 2.30. The molecule has 112 valence electrons. The molecule has 23 heavy (non-hydrogen) atoms. The number of allylic oxidation sites excluding steroid dienone is 1. The van der Waals surface area contributed by atoms with Crippen LogP contribution in [0.1, 0.15) is 11.1 Å². The van der Waals surface area contributed by atoms with Gasteiger partial charge in [-0.1, -0.05) is 18.2 Å². The Bertz CT molecular complexity index is 966. The predicted octanol–water partition coefficient (Wildman–Crippen LogP) is 3.10. The highest BCUT2D eigenvalue weighted by molar-refractivity contribution is 6.21. The molecule has 1 aliphatic heterocycles. The molecule has 0 radical (unpaired) electrons. The minimum absolute atomic E-state index is 0.193. The van der Waals surface area contributed by atoms with Crippen LogP contribution in [0.3, 0.4) is 0 Å². The van der Waals surface area contributed by atoms with Crippen molar-refractivity contribution in [2.24, 2.45) is 4.99 Å². The van der Waals surface area contributed by atoms with Crippen LogP contribution in [-0.2, 0) is 0 Å². The zero-order chi connectivity index (χ0) is 15.6. The number of pyridine rings is 1. The van der Waals surface area contributed by atoms with Crippen molar-refractivity contribution >= 4 is 35.2 Å². The molecule has 6 nitrogen and oxygen atoms in total. The highest BCUT2D eigenvalue weighted by atomic mass is 16.1. The zero-order valence-electron chi connectivity index (χ0n) is 12.1. The summed E-state index contributed by atoms with van der Waals surface area (Å²) in [5, 5.41) is 8.67. The van der Waals surface area contributed by atoms with E-state index in [9.17, 15) is 4.79 Å². The number of aromatic nitrogens is 3. The summed E-state index contributed by atoms with van der Waals surface area (Å²) >= 11 is 0. The number of rotatable bonds is 3. The number of aliphatic imine (C=N–C) groups is 1. The number of hydrogen-bond donors (Lipinski definition) is 3. The molecule has 1 aromatic carbocycles. The number of aromatic amines is 2. The monoisotopic (exact) mass is 303 g/mol. The van der Waals surface area contributed by atoms with Crippen molar-refractivity contribution in [2.75, 3.05) is 5.32 Å². The van der Waals surface area contributed by atoms with Crippen molar-refractivity contribution in [3.05, 3.63) is 70.1 Å². The van der Waals surface area contributed by atoms with Crippen LogP contribution in [0.25, 0.3) is 11.6 Å². The van der Waals surface area contributed by atoms with Crippen LogP contribution in [0, 0.1) is 0 Å². The predicted molar refractivity (Wildman–Crippen MR) is 91.4 cm³/mol. The molecule has 0 spiro atoms. The standard InChI is InChI=1S/C17H13N5O/c23-17-14(9-11-10-19-15-13(11)7-4-8-18-15)16(21-22-17)20-12-5-2-1-3-6-12/h1-10H,(H3,20,21,22,23). The minimum Gasteiger partial charge on any atom is -0.340 e. The molecule has 0 aliphatic carbocycles. The van der Waals surface area contributed by atoms with Gasteiger partial charge >= 0.3 is 0 Å². The Morgan fingerprint density at radius 3 is 2.78 bits per heavy atom. The third-order valence-corrected chi connectivity index (χ3v) is 3.58. The largest absolute Gasteiger partial charge is 0.340 e. The number of nitrogens with one attached hydrogen (secondary N) is 3. The van der Waals surface area contributed by atoms with Gasteiger partial charge in [-0.25, -0.2) is 9.98 Å². The molecular weight excluding hydrogens is 290 g/mol. The summed E-state index contributed by atoms with van der Waals surface area (Å²) in [5.74, 6) is 1.28. The zero-order valence-corrected chi connectivity index (χ0v) is 12.1. The maximum atomic E-state index is 12.1. The molecule has 0 saturated carbocycles. The van der Waals surface area contributed by atoms with Gasteiger partial charge in [0.1, 0.15) is 5.82 Å². The molecule has 0 unspecified atom stereocenters. The van der Waals surface area contributed by atoms with E-state index in [1.165, 1.54) is 0 Å². The molecule has 0 bridgehead atoms. The third kappa shape index (κ3) is 2.46. The van der Waals surface area contributed by atoms with E-state index in [4.69, 9.17) is 0 Å². The normalized spacial score (nSPS) is 14.2. The van der Waals surface area contributed by atoms with E-state index in [-0.39, 0.29) is 5.56 Å². The summed E-state index contributed by atoms with van der Waals surface area (Å²) in [6.07, 6.45) is 5.22. The first-order valence-corrected chi connectivity index (χ1v) is 7.15. The molecule has 1 aliphatic rings. The van der Waals surface area contributed by atoms with Crippen molar-refractivity contribution in [3.8, 4) is 0 Å². The van der Waals surface area contributed by atoms with Crippen molar-refractivity contribution in [2.45, 2.75) is 0 Å². The van der Waals surface area contributed by atoms with Crippen LogP contribution in [0.15, 0.2) is 58.4 Å². The van der Waals surface area contributed by atoms with E-state index in [1.807, 2.05) is 42.5 Å². The summed E-state index contributed by atoms with van der Waals surface area (Å²) in [4.78, 5) is 20.6. The van der Waals surface area contributed by atoms with Gasteiger partial charge in [-0.15, -0.1) is 0 Å². The lowest BCUT2D eigenvalue weighted by Crippen LogP contribution is -2.03. The van der Waals surface area contributed by atoms with Crippen LogP contribution in [0.5, 0.6) is 0 Å². The molecule has 3 heterocycles. The van der Waals surface area contributed by atoms with E-state index in [0.29, 0.717) is 17.2 Å². The van der Waals surface area contributed by atoms with Gasteiger partial charge in [0, 0.05) is 29.2 Å². The van der Waals surface area contributed by atoms with Crippen molar-refractivity contribution < 1.29 is 0 Å². The number of fused-ring (bicyclic) bond motifs is 1. The Morgan fingerprint density at radius 2 is 1.91 bits per heavy atom. The number of benzene rings is 1. The van der Waals surface area contributed by atoms with Gasteiger partial charge in [-0.05, 0) is 30.3 Å². The van der Waals surface area contributed by atoms with E-state index in [0.717, 1.165) is 16.8 Å². The van der Waals surface area contributed by atoms with Crippen LogP contribution in [0.2, 0.25) is 0 Å². The fraction of sp³-hybridized carbons (Fsp3) is 0. The molecule has 2 aromatic heterocycles. The van der Waals surface area contributed by atoms with Gasteiger partial charge in [0.2, 0.25) is 0 Å². The van der Waals surface area contributed by atoms with E-state index in [2.05, 4.69) is 25.5 Å². The van der Waals surface area contributed by atoms with Crippen LogP contribution in [-0.4, -0.2) is 21.4 Å². The minimum atomic E-state index is -0.193. The average Bonchev–Trinajstić information content (AvgIpc) is 3.15. The molecule has 0 fully saturated rings. The summed E-state index contributed by atoms with van der Waals surface area (Å²) in [5.41, 5.74) is 2.99. The van der Waals surface area contributed by atoms with E-state index < -0.39 is 0 Å². The maximum absolute atomic E-state index is 12.1. The lowest BCUT2D eigenvalue weighted by Gasteiger charge is -2.04. The average molecular weight is 303 g/mol. The van der Waals surface area contributed by atoms with Crippen LogP contribution in [0.4, 0.5) is 17.3 Å². The molecule has 6 heteroatoms. The Kier molecular flexibility index (Phi) is 3.12. The molecular formula is C17H13N5O. The second kappa shape index (κ2) is 5.42. The van der Waals surface area contributed by atoms with Gasteiger partial charge in [-0.2, -0.15) is 0 Å². The topological polar surface area (TPSA) is 85.9 Å². The van der Waals surface area contributed by atoms with Gasteiger partial charge in [0.25, 0.3) is 5.56 Å². The fourth-order valence-electron chi connectivity index (χ4n) is 2.47. The lowest BCUT2D eigenvalue weighted by atomic mass is 10.1. The summed E-state index contributed by atoms with van der Waals surface area (Å²) in [6, 6.07) is 13.4. The van der Waals surface area contributed by atoms with Crippen LogP contribution >= 0.6 is 0 Å². The Labute approximate surface area is 131 Å². The van der Waals surface area contributed by atoms with Crippen LogP contribution < -0.4 is 10.9 Å². The van der Waals surface area contributed by atoms with Crippen molar-refractivity contribution in [3.63, 3.8) is 0 Å². The second-order valence-electron chi connectivity index (χ2n) is 5.09. The molecule has 0 saturated heterocycles. The summed E-state index contributed by atoms with van der Waals surface area (Å²) in [6.45, 7) is 0. The molecule has 0 amide bonds. The van der Waals surface area contributed by atoms with Crippen molar-refractivity contribution in [1.82, 2.24) is 15.2 Å². The SMILES string of the molecule is O=c1[nH][nH]c(Nc2ccccc2)c1C=C1C=Nc2ncccc21. The Morgan fingerprint density at radius 1 is 1.04 bits per heavy atom. The molecule has 4 rings (SSSR count). The van der Waals surface area contributed by atoms with Gasteiger partial charge in [0.05, 0.1) is 5.56 Å². The first-order chi connectivity index (χ1) is 11.3. The summed E-state index contributed by atoms with van der Waals surface area (Å²) < 4.78 is 0. The highest BCUT2D eigenvalue weighted by Gasteiger charge is 2.15. The van der Waals surface area contributed by atoms with E-state index in [1.54, 1.807) is 18.5 Å². The number of para-hydroxylation sites is 1. The van der Waals surface area contributed by atoms with Crippen molar-refractivity contribution in [1.29, 1.82) is 0 Å². The first kappa shape index (κ1) is 13.3. The Hall–Kier alpha value is -3.41. The molecule has 3 aromatic rings. The lowest BCUT2D eigenvalue weighted by molar-refractivity contribution is 1.06. The van der Waals surface area contributed by atoms with Gasteiger partial charge in [-0.3, -0.25) is 15.0 Å². The number of H-pyrrole nitrogens is 2. The number of hydrogen-bond acceptors (Lipinski definition) is 4. The third-order valence-electron chi connectivity index (χ3n) is 3.58. The number of anilines is 2. The quantitative estimate of drug-likeness (QED) is 0.695. The van der Waals surface area contributed by atoms with Gasteiger partial charge < -0.3 is 5.32 Å².